The largest absolute Gasteiger partial charge is 0.496 e. The Bertz CT molecular complexity index is 1470. The molecule has 3 heterocycles. The first-order valence-corrected chi connectivity index (χ1v) is 15.2. The van der Waals surface area contributed by atoms with Crippen LogP contribution in [0.3, 0.4) is 0 Å². The monoisotopic (exact) mass is 636 g/mol. The van der Waals surface area contributed by atoms with E-state index in [0.717, 1.165) is 33.2 Å². The van der Waals surface area contributed by atoms with Crippen LogP contribution in [0.2, 0.25) is 0 Å². The number of aromatic nitrogens is 2. The molecule has 2 aromatic heterocycles. The molecule has 40 heavy (non-hydrogen) atoms. The molecule has 9 nitrogen and oxygen atoms in total. The fourth-order valence-electron chi connectivity index (χ4n) is 4.91. The molecule has 1 aromatic carbocycles. The minimum Gasteiger partial charge on any atom is -0.496 e. The van der Waals surface area contributed by atoms with Crippen LogP contribution < -0.4 is 16.0 Å². The lowest BCUT2D eigenvalue weighted by Crippen LogP contribution is -2.53. The number of aryl methyl sites for hydroxylation is 1. The van der Waals surface area contributed by atoms with Gasteiger partial charge in [0, 0.05) is 18.8 Å². The van der Waals surface area contributed by atoms with E-state index in [0.29, 0.717) is 41.2 Å². The molecule has 0 bridgehead atoms. The standard InChI is InChI=1S/C29H37BrN2O7S/c1-6-7-14-38-27(34)29(3,4)32-25(33)23-18(2)24(30)40-26(23)31(28(32)35)17-22(39-19-12-15-37-16-13-19)20-10-8-9-11-21(20)36-5/h8-11,19,22H,6-7,12-17H2,1-5H3/t22-/m0/s1. The molecule has 1 atom stereocenters. The van der Waals surface area contributed by atoms with E-state index in [1.165, 1.54) is 11.3 Å². The average molecular weight is 638 g/mol. The molecule has 0 saturated carbocycles. The van der Waals surface area contributed by atoms with Crippen LogP contribution in [-0.2, 0) is 31.1 Å². The van der Waals surface area contributed by atoms with Gasteiger partial charge in [0.15, 0.2) is 0 Å². The summed E-state index contributed by atoms with van der Waals surface area (Å²) in [4.78, 5) is 41.8. The topological polar surface area (TPSA) is 98.0 Å². The van der Waals surface area contributed by atoms with Gasteiger partial charge in [0.25, 0.3) is 5.56 Å². The predicted molar refractivity (Wildman–Crippen MR) is 159 cm³/mol. The number of fused-ring (bicyclic) bond motifs is 1. The van der Waals surface area contributed by atoms with Crippen molar-refractivity contribution in [3.05, 3.63) is 60.0 Å². The Balaban J connectivity index is 1.89. The van der Waals surface area contributed by atoms with Gasteiger partial charge in [-0.3, -0.25) is 9.36 Å². The van der Waals surface area contributed by atoms with Gasteiger partial charge in [-0.2, -0.15) is 0 Å². The van der Waals surface area contributed by atoms with Gasteiger partial charge in [-0.05, 0) is 67.6 Å². The summed E-state index contributed by atoms with van der Waals surface area (Å²) in [7, 11) is 1.60. The van der Waals surface area contributed by atoms with Gasteiger partial charge in [0.2, 0.25) is 0 Å². The third kappa shape index (κ3) is 6.07. The fourth-order valence-corrected chi connectivity index (χ4v) is 6.60. The first kappa shape index (κ1) is 30.5. The van der Waals surface area contributed by atoms with E-state index in [9.17, 15) is 14.4 Å². The molecule has 4 rings (SSSR count). The van der Waals surface area contributed by atoms with Crippen molar-refractivity contribution in [3.63, 3.8) is 0 Å². The SMILES string of the molecule is CCCCOC(=O)C(C)(C)n1c(=O)c2c(C)c(Br)sc2n(C[C@H](OC2CCOCC2)c2ccccc2OC)c1=O. The van der Waals surface area contributed by atoms with Crippen molar-refractivity contribution in [3.8, 4) is 5.75 Å². The van der Waals surface area contributed by atoms with Crippen LogP contribution in [0, 0.1) is 6.92 Å². The molecular formula is C29H37BrN2O7S. The lowest BCUT2D eigenvalue weighted by molar-refractivity contribution is -0.153. The molecule has 11 heteroatoms. The Morgan fingerprint density at radius 3 is 2.60 bits per heavy atom. The molecule has 0 N–H and O–H groups in total. The summed E-state index contributed by atoms with van der Waals surface area (Å²) in [5.74, 6) is 0.0123. The lowest BCUT2D eigenvalue weighted by Gasteiger charge is -2.30. The van der Waals surface area contributed by atoms with Crippen LogP contribution in [-0.4, -0.2) is 48.1 Å². The minimum atomic E-state index is -1.53. The van der Waals surface area contributed by atoms with Crippen LogP contribution in [0.4, 0.5) is 0 Å². The Morgan fingerprint density at radius 2 is 1.93 bits per heavy atom. The van der Waals surface area contributed by atoms with Crippen LogP contribution in [0.15, 0.2) is 37.6 Å². The van der Waals surface area contributed by atoms with E-state index in [1.54, 1.807) is 25.5 Å². The Morgan fingerprint density at radius 1 is 1.23 bits per heavy atom. The number of thiophene rings is 1. The molecule has 0 amide bonds. The number of esters is 1. The van der Waals surface area contributed by atoms with Crippen molar-refractivity contribution in [2.45, 2.75) is 77.7 Å². The second-order valence-electron chi connectivity index (χ2n) is 10.4. The number of nitrogens with zero attached hydrogens (tertiary/aromatic N) is 2. The first-order chi connectivity index (χ1) is 19.1. The number of hydrogen-bond acceptors (Lipinski definition) is 8. The molecule has 0 aliphatic carbocycles. The highest BCUT2D eigenvalue weighted by Gasteiger charge is 2.37. The Hall–Kier alpha value is -2.47. The van der Waals surface area contributed by atoms with Crippen LogP contribution >= 0.6 is 27.3 Å². The highest BCUT2D eigenvalue weighted by atomic mass is 79.9. The minimum absolute atomic E-state index is 0.0671. The van der Waals surface area contributed by atoms with E-state index >= 15 is 0 Å². The number of ether oxygens (including phenoxy) is 4. The molecule has 1 aliphatic heterocycles. The maximum absolute atomic E-state index is 14.2. The molecule has 3 aromatic rings. The molecule has 1 saturated heterocycles. The number of rotatable bonds is 11. The summed E-state index contributed by atoms with van der Waals surface area (Å²) < 4.78 is 26.6. The Labute approximate surface area is 246 Å². The maximum Gasteiger partial charge on any atom is 0.333 e. The van der Waals surface area contributed by atoms with E-state index in [1.807, 2.05) is 38.1 Å². The van der Waals surface area contributed by atoms with Gasteiger partial charge in [0.1, 0.15) is 22.2 Å². The third-order valence-corrected chi connectivity index (χ3v) is 9.49. The quantitative estimate of drug-likeness (QED) is 0.207. The van der Waals surface area contributed by atoms with Crippen molar-refractivity contribution >= 4 is 43.5 Å². The van der Waals surface area contributed by atoms with Gasteiger partial charge in [-0.15, -0.1) is 11.3 Å². The van der Waals surface area contributed by atoms with Crippen LogP contribution in [0.5, 0.6) is 5.75 Å². The molecule has 1 fully saturated rings. The molecule has 0 radical (unpaired) electrons. The van der Waals surface area contributed by atoms with E-state index in [2.05, 4.69) is 15.9 Å². The Kier molecular flexibility index (Phi) is 9.92. The highest BCUT2D eigenvalue weighted by Crippen LogP contribution is 2.36. The zero-order valence-electron chi connectivity index (χ0n) is 23.7. The van der Waals surface area contributed by atoms with Gasteiger partial charge in [-0.25, -0.2) is 14.2 Å². The van der Waals surface area contributed by atoms with Crippen LogP contribution in [0.25, 0.3) is 10.2 Å². The maximum atomic E-state index is 14.2. The molecule has 0 spiro atoms. The number of hydrogen-bond donors (Lipinski definition) is 0. The van der Waals surface area contributed by atoms with Gasteiger partial charge >= 0.3 is 11.7 Å². The predicted octanol–water partition coefficient (Wildman–Crippen LogP) is 5.32. The number of benzene rings is 1. The van der Waals surface area contributed by atoms with Crippen molar-refractivity contribution in [2.24, 2.45) is 0 Å². The first-order valence-electron chi connectivity index (χ1n) is 13.6. The molecule has 0 unspecified atom stereocenters. The fraction of sp³-hybridized carbons (Fsp3) is 0.552. The van der Waals surface area contributed by atoms with Crippen molar-refractivity contribution in [1.82, 2.24) is 9.13 Å². The summed E-state index contributed by atoms with van der Waals surface area (Å²) in [6, 6.07) is 7.56. The number of halogens is 1. The second kappa shape index (κ2) is 13.0. The summed E-state index contributed by atoms with van der Waals surface area (Å²) in [5, 5.41) is 0.385. The third-order valence-electron chi connectivity index (χ3n) is 7.30. The van der Waals surface area contributed by atoms with Gasteiger partial charge in [-0.1, -0.05) is 31.5 Å². The number of para-hydroxylation sites is 1. The number of carbonyl (C=O) groups excluding carboxylic acids is 1. The molecule has 218 valence electrons. The van der Waals surface area contributed by atoms with Crippen LogP contribution in [0.1, 0.15) is 63.7 Å². The number of carbonyl (C=O) groups is 1. The zero-order chi connectivity index (χ0) is 29.0. The van der Waals surface area contributed by atoms with Crippen molar-refractivity contribution < 1.29 is 23.7 Å². The van der Waals surface area contributed by atoms with Crippen molar-refractivity contribution in [1.29, 1.82) is 0 Å². The summed E-state index contributed by atoms with van der Waals surface area (Å²) in [5.41, 5.74) is -1.14. The summed E-state index contributed by atoms with van der Waals surface area (Å²) >= 11 is 4.87. The van der Waals surface area contributed by atoms with E-state index in [4.69, 9.17) is 18.9 Å². The molecule has 1 aliphatic rings. The summed E-state index contributed by atoms with van der Waals surface area (Å²) in [6.45, 7) is 8.46. The van der Waals surface area contributed by atoms with Gasteiger partial charge < -0.3 is 18.9 Å². The normalized spacial score (nSPS) is 15.3. The number of methoxy groups -OCH3 is 1. The van der Waals surface area contributed by atoms with E-state index < -0.39 is 28.9 Å². The van der Waals surface area contributed by atoms with Gasteiger partial charge in [0.05, 0.1) is 35.5 Å². The van der Waals surface area contributed by atoms with E-state index in [-0.39, 0.29) is 19.3 Å². The molecular weight excluding hydrogens is 600 g/mol. The average Bonchev–Trinajstić information content (AvgIpc) is 3.24. The van der Waals surface area contributed by atoms with Crippen molar-refractivity contribution in [2.75, 3.05) is 26.9 Å². The summed E-state index contributed by atoms with van der Waals surface area (Å²) in [6.07, 6.45) is 2.38. The number of unbranched alkanes of at least 4 members (excludes halogenated alkanes) is 1. The smallest absolute Gasteiger partial charge is 0.333 e. The highest BCUT2D eigenvalue weighted by molar-refractivity contribution is 9.11. The zero-order valence-corrected chi connectivity index (χ0v) is 26.1. The second-order valence-corrected chi connectivity index (χ2v) is 12.8. The lowest BCUT2D eigenvalue weighted by atomic mass is 10.0.